The Bertz CT molecular complexity index is 1470. The number of ketones is 2. The molecule has 0 aliphatic carbocycles. The van der Waals surface area contributed by atoms with Crippen LogP contribution in [0.2, 0.25) is 0 Å². The van der Waals surface area contributed by atoms with Crippen molar-refractivity contribution < 1.29 is 24.0 Å². The number of unbranched alkanes of at least 4 members (excludes halogenated alkanes) is 2. The highest BCUT2D eigenvalue weighted by Gasteiger charge is 2.23. The molecule has 3 amide bonds. The number of nitrogens with one attached hydrogen (secondary N) is 4. The Kier molecular flexibility index (Phi) is 23.5. The number of nitrogens with two attached hydrogens (primary N) is 2. The quantitative estimate of drug-likeness (QED) is 0.0442. The molecule has 11 heteroatoms. The fraction of sp³-hybridized carbons (Fsp3) is 0.711. The van der Waals surface area contributed by atoms with Crippen molar-refractivity contribution in [2.45, 2.75) is 169 Å². The van der Waals surface area contributed by atoms with Gasteiger partial charge in [-0.15, -0.1) is 0 Å². The largest absolute Gasteiger partial charge is 0.361 e. The number of hydrogen-bond donors (Lipinski definition) is 6. The number of carbonyl (C=O) groups excluding carboxylic acids is 5. The van der Waals surface area contributed by atoms with Crippen LogP contribution in [0.25, 0.3) is 10.9 Å². The van der Waals surface area contributed by atoms with Crippen molar-refractivity contribution >= 4 is 40.2 Å². The molecular weight excluding hydrogens is 705 g/mol. The minimum atomic E-state index is -0.242. The maximum atomic E-state index is 13.6. The molecule has 11 nitrogen and oxygen atoms in total. The molecular formula is C45H76N6O5. The van der Waals surface area contributed by atoms with Gasteiger partial charge in [0.05, 0.1) is 0 Å². The minimum absolute atomic E-state index is 0.0255. The van der Waals surface area contributed by atoms with Crippen LogP contribution in [0.5, 0.6) is 0 Å². The van der Waals surface area contributed by atoms with Gasteiger partial charge < -0.3 is 32.4 Å². The molecule has 0 fully saturated rings. The van der Waals surface area contributed by atoms with Crippen LogP contribution in [0.15, 0.2) is 30.5 Å². The van der Waals surface area contributed by atoms with Crippen LogP contribution in [-0.4, -0.2) is 65.5 Å². The Morgan fingerprint density at radius 2 is 1.29 bits per heavy atom. The zero-order valence-corrected chi connectivity index (χ0v) is 35.6. The number of fused-ring (bicyclic) bond motifs is 1. The van der Waals surface area contributed by atoms with Gasteiger partial charge in [0.2, 0.25) is 17.7 Å². The molecule has 0 spiro atoms. The topological polar surface area (TPSA) is 189 Å². The van der Waals surface area contributed by atoms with Gasteiger partial charge in [-0.3, -0.25) is 24.0 Å². The zero-order chi connectivity index (χ0) is 41.5. The van der Waals surface area contributed by atoms with E-state index < -0.39 is 0 Å². The highest BCUT2D eigenvalue weighted by atomic mass is 16.2. The van der Waals surface area contributed by atoms with Crippen LogP contribution in [0.3, 0.4) is 0 Å². The van der Waals surface area contributed by atoms with E-state index in [0.29, 0.717) is 83.7 Å². The van der Waals surface area contributed by atoms with Crippen LogP contribution in [0.1, 0.15) is 150 Å². The maximum Gasteiger partial charge on any atom is 0.220 e. The molecule has 0 saturated heterocycles. The Labute approximate surface area is 337 Å². The van der Waals surface area contributed by atoms with Crippen LogP contribution < -0.4 is 27.4 Å². The predicted octanol–water partition coefficient (Wildman–Crippen LogP) is 7.05. The average Bonchev–Trinajstić information content (AvgIpc) is 3.55. The van der Waals surface area contributed by atoms with Gasteiger partial charge in [0.15, 0.2) is 0 Å². The van der Waals surface area contributed by atoms with Crippen molar-refractivity contribution in [3.63, 3.8) is 0 Å². The Morgan fingerprint density at radius 1 is 0.661 bits per heavy atom. The van der Waals surface area contributed by atoms with Crippen LogP contribution in [0, 0.1) is 23.7 Å². The highest BCUT2D eigenvalue weighted by Crippen LogP contribution is 2.25. The van der Waals surface area contributed by atoms with Gasteiger partial charge in [0.1, 0.15) is 11.6 Å². The van der Waals surface area contributed by atoms with Crippen LogP contribution in [0.4, 0.5) is 0 Å². The zero-order valence-electron chi connectivity index (χ0n) is 35.6. The number of Topliss-reactive ketones (excluding diaryl/α,β-unsaturated/α-hetero) is 2. The monoisotopic (exact) mass is 781 g/mol. The Balaban J connectivity index is 2.04. The van der Waals surface area contributed by atoms with E-state index in [4.69, 9.17) is 11.5 Å². The second-order valence-electron chi connectivity index (χ2n) is 16.9. The smallest absolute Gasteiger partial charge is 0.220 e. The van der Waals surface area contributed by atoms with Gasteiger partial charge in [0.25, 0.3) is 0 Å². The molecule has 1 aromatic carbocycles. The van der Waals surface area contributed by atoms with Gasteiger partial charge >= 0.3 is 0 Å². The predicted molar refractivity (Wildman–Crippen MR) is 228 cm³/mol. The van der Waals surface area contributed by atoms with E-state index in [1.165, 1.54) is 6.92 Å². The molecule has 5 atom stereocenters. The lowest BCUT2D eigenvalue weighted by Crippen LogP contribution is -2.37. The third kappa shape index (κ3) is 20.0. The lowest BCUT2D eigenvalue weighted by atomic mass is 9.85. The van der Waals surface area contributed by atoms with Gasteiger partial charge in [-0.05, 0) is 113 Å². The molecule has 0 aliphatic heterocycles. The van der Waals surface area contributed by atoms with Crippen molar-refractivity contribution in [1.29, 1.82) is 0 Å². The normalized spacial score (nSPS) is 14.3. The molecule has 0 radical (unpaired) electrons. The van der Waals surface area contributed by atoms with E-state index >= 15 is 0 Å². The van der Waals surface area contributed by atoms with Crippen molar-refractivity contribution in [2.24, 2.45) is 35.1 Å². The molecule has 0 aliphatic rings. The van der Waals surface area contributed by atoms with E-state index in [1.54, 1.807) is 0 Å². The molecule has 56 heavy (non-hydrogen) atoms. The Morgan fingerprint density at radius 3 is 1.95 bits per heavy atom. The van der Waals surface area contributed by atoms with Crippen LogP contribution in [-0.2, 0) is 30.4 Å². The lowest BCUT2D eigenvalue weighted by Gasteiger charge is -2.23. The number of aromatic nitrogens is 1. The summed E-state index contributed by atoms with van der Waals surface area (Å²) < 4.78 is 0. The summed E-state index contributed by atoms with van der Waals surface area (Å²) in [5.74, 6) is 0.814. The summed E-state index contributed by atoms with van der Waals surface area (Å²) in [4.78, 5) is 67.9. The molecule has 2 aromatic rings. The number of aromatic amines is 1. The van der Waals surface area contributed by atoms with Crippen molar-refractivity contribution in [1.82, 2.24) is 20.9 Å². The summed E-state index contributed by atoms with van der Waals surface area (Å²) in [5, 5.41) is 10.4. The fourth-order valence-electron chi connectivity index (χ4n) is 7.66. The van der Waals surface area contributed by atoms with Crippen LogP contribution >= 0.6 is 0 Å². The molecule has 1 aromatic heterocycles. The summed E-state index contributed by atoms with van der Waals surface area (Å²) in [6.45, 7) is 13.1. The van der Waals surface area contributed by atoms with Crippen molar-refractivity contribution in [3.05, 3.63) is 36.0 Å². The second-order valence-corrected chi connectivity index (χ2v) is 16.9. The SMILES string of the molecule is CC(=O)N[C@H](CCC(=O)C[C@@H](CCCCN)CCC(=O)N[C@H](CCC(=O)C[C@H](CCC(=O)N[C@H](C)CCCCN)C(C)C)Cc1c[nH]c2ccccc12)C(C)C. The summed E-state index contributed by atoms with van der Waals surface area (Å²) >= 11 is 0. The highest BCUT2D eigenvalue weighted by molar-refractivity contribution is 5.84. The van der Waals surface area contributed by atoms with Gasteiger partial charge in [0, 0.05) is 80.7 Å². The van der Waals surface area contributed by atoms with Gasteiger partial charge in [-0.1, -0.05) is 58.7 Å². The molecule has 0 bridgehead atoms. The van der Waals surface area contributed by atoms with E-state index in [0.717, 1.165) is 55.0 Å². The molecule has 1 heterocycles. The summed E-state index contributed by atoms with van der Waals surface area (Å²) in [7, 11) is 0. The first-order valence-electron chi connectivity index (χ1n) is 21.6. The van der Waals surface area contributed by atoms with Crippen molar-refractivity contribution in [3.8, 4) is 0 Å². The standard InChI is InChI=1S/C45H76N6O5/c1-31(2)36(18-24-44(55)49-33(5)13-9-11-25-46)29-40(54)20-19-38(28-37-30-48-43-16-8-7-15-41(37)43)51-45(56)23-17-35(14-10-12-26-47)27-39(53)21-22-42(32(3)4)50-34(6)52/h7-8,15-16,30-33,35-36,38,42,48H,9-14,17-29,46-47H2,1-6H3,(H,49,55)(H,50,52)(H,51,56)/t33-,35+,36+,38-,42-/m1/s1. The van der Waals surface area contributed by atoms with E-state index in [9.17, 15) is 24.0 Å². The van der Waals surface area contributed by atoms with E-state index in [-0.39, 0.29) is 71.1 Å². The second kappa shape index (κ2) is 27.1. The third-order valence-electron chi connectivity index (χ3n) is 11.2. The van der Waals surface area contributed by atoms with Gasteiger partial charge in [-0.2, -0.15) is 0 Å². The molecule has 2 rings (SSSR count). The number of benzene rings is 1. The lowest BCUT2D eigenvalue weighted by molar-refractivity contribution is -0.124. The number of hydrogen-bond acceptors (Lipinski definition) is 7. The number of carbonyl (C=O) groups is 5. The first kappa shape index (κ1) is 48.6. The third-order valence-corrected chi connectivity index (χ3v) is 11.2. The molecule has 0 saturated carbocycles. The summed E-state index contributed by atoms with van der Waals surface area (Å²) in [5.41, 5.74) is 13.5. The first-order chi connectivity index (χ1) is 26.7. The first-order valence-corrected chi connectivity index (χ1v) is 21.6. The molecule has 0 unspecified atom stereocenters. The van der Waals surface area contributed by atoms with E-state index in [1.807, 2.05) is 45.2 Å². The maximum absolute atomic E-state index is 13.6. The minimum Gasteiger partial charge on any atom is -0.361 e. The Hall–Kier alpha value is -3.57. The van der Waals surface area contributed by atoms with E-state index in [2.05, 4.69) is 40.8 Å². The summed E-state index contributed by atoms with van der Waals surface area (Å²) in [6, 6.07) is 7.89. The van der Waals surface area contributed by atoms with Crippen molar-refractivity contribution in [2.75, 3.05) is 13.1 Å². The number of H-pyrrole nitrogens is 1. The fourth-order valence-corrected chi connectivity index (χ4v) is 7.66. The number of rotatable bonds is 31. The number of amides is 3. The molecule has 316 valence electrons. The summed E-state index contributed by atoms with van der Waals surface area (Å²) in [6.07, 6.45) is 12.6. The van der Waals surface area contributed by atoms with Gasteiger partial charge in [-0.25, -0.2) is 0 Å². The number of para-hydroxylation sites is 1. The molecule has 8 N–H and O–H groups in total. The average molecular weight is 781 g/mol.